The number of fused-ring (bicyclic) bond motifs is 9. The Bertz CT molecular complexity index is 3990. The molecule has 568 valence electrons. The Balaban J connectivity index is 0.000000168. The standard InChI is InChI=1S/C15H16N2O2.C13H13N3O2.C13H14N2O2.C8H8N2O2.C7H10O.C5H7NO.C5H8O.2C3H7I.C3H8.C2H5.3HI.V/c16-19-18-12-1-2-13-14(8-17-15(13)7-12)11-5-9-3-10(4-9)6-11;14-18-17-10-1-2-11-12(5-15-13(11)4-10)8-3-9-7-16(9)6-8;14-17-16-10-5-6-11-12(8-15-13(11)7-10)9-3-1-2-4-9;9-12-11-7-2-1-6-3-4-10-8(6)5-7;8-7-3-5-1-6(2-5)4-7;7-5-1-4-2-6(4)3-5;6-5-3-1-2-4-5;1-3(2)4;1-2-3-4;1-3-2;1-2;;;;/h1-2,5,7-10,17H,3-4,6,16H2;1-5,9,15H,6-7,14H2;3,5-8,15H,1-2,4,14H2;1-5,10H,9H2;5-6H,1-4H2;4H,1-3H2;1-4H2;3H,1-2H3;2-3H2,1H3;3H2,1-2H3;1H2,2H3;3*1H;/q;;;;;;;;;;-1;;;;+3/p-3. The third kappa shape index (κ3) is 28.6. The van der Waals surface area contributed by atoms with Gasteiger partial charge in [0.2, 0.25) is 0 Å². The van der Waals surface area contributed by atoms with Crippen molar-refractivity contribution in [3.05, 3.63) is 145 Å². The van der Waals surface area contributed by atoms with E-state index in [-0.39, 0.29) is 4.92 Å². The molecule has 12 N–H and O–H groups in total. The fourth-order valence-corrected chi connectivity index (χ4v) is 13.5. The van der Waals surface area contributed by atoms with E-state index >= 15 is 0 Å². The number of aromatic nitrogens is 4. The number of aromatic amines is 4. The summed E-state index contributed by atoms with van der Waals surface area (Å²) in [5.41, 5.74) is 12.3. The van der Waals surface area contributed by atoms with Gasteiger partial charge in [-0.2, -0.15) is 30.5 Å². The minimum absolute atomic E-state index is 0.278. The van der Waals surface area contributed by atoms with Crippen LogP contribution in [0.1, 0.15) is 167 Å². The summed E-state index contributed by atoms with van der Waals surface area (Å²) in [6, 6.07) is 26.2. The van der Waals surface area contributed by atoms with E-state index in [4.69, 9.17) is 38.3 Å². The molecule has 4 bridgehead atoms. The van der Waals surface area contributed by atoms with Gasteiger partial charge in [0.05, 0.1) is 6.54 Å². The monoisotopic (exact) mass is 2030 g/mol. The molecule has 0 spiro atoms. The maximum atomic E-state index is 10.7. The summed E-state index contributed by atoms with van der Waals surface area (Å²) < 4.78 is 2.09. The number of H-pyrrole nitrogens is 4. The zero-order valence-electron chi connectivity index (χ0n) is 60.4. The molecule has 8 aromatic rings. The van der Waals surface area contributed by atoms with Crippen molar-refractivity contribution in [3.63, 3.8) is 0 Å². The molecular weight excluding hydrogens is 1930 g/mol. The van der Waals surface area contributed by atoms with Crippen LogP contribution in [0.2, 0.25) is 0 Å². The van der Waals surface area contributed by atoms with Crippen molar-refractivity contribution in [2.45, 2.75) is 167 Å². The second kappa shape index (κ2) is 46.7. The normalized spacial score (nSPS) is 21.6. The average molecular weight is 2030 g/mol. The van der Waals surface area contributed by atoms with Gasteiger partial charge in [-0.05, 0) is 175 Å². The van der Waals surface area contributed by atoms with Crippen molar-refractivity contribution in [1.82, 2.24) is 29.7 Å². The Morgan fingerprint density at radius 3 is 1.34 bits per heavy atom. The number of nitrogens with zero attached hydrogens (tertiary/aromatic N) is 2. The first kappa shape index (κ1) is 87.5. The van der Waals surface area contributed by atoms with Crippen LogP contribution >= 0.6 is 105 Å². The topological polar surface area (TPSA) is 298 Å². The SMILES string of the molecule is CC(C)I.CCC.CCCI.NOOc1ccc2c(C3=CC4CC(C3)C4)c[nH]c2c1.NOOc1ccc2c(C3=CC4CN4C3)c[nH]c2c1.NOOc1ccc2c(C3=CCCC3)c[nH]c2c1.NOOc1ccc2cc[nH]c2c1.O=C1CC2CC(C1)C2.O=C1CC2CN2C1.O=C1CCCC1.[CH2-]C.[I][V]([I])[I]. The molecule has 4 aromatic heterocycles. The molecule has 3 saturated heterocycles. The van der Waals surface area contributed by atoms with Crippen LogP contribution in [0.5, 0.6) is 23.0 Å². The summed E-state index contributed by atoms with van der Waals surface area (Å²) >= 11 is 12.1. The van der Waals surface area contributed by atoms with Crippen molar-refractivity contribution in [1.29, 1.82) is 0 Å². The Hall–Kier alpha value is -3.70. The van der Waals surface area contributed by atoms with Crippen LogP contribution in [0.4, 0.5) is 0 Å². The number of hydrogen-bond donors (Lipinski definition) is 8. The molecule has 21 nitrogen and oxygen atoms in total. The molecule has 4 unspecified atom stereocenters. The second-order valence-electron chi connectivity index (χ2n) is 26.8. The van der Waals surface area contributed by atoms with Gasteiger partial charge < -0.3 is 46.4 Å². The molecule has 12 aliphatic rings. The number of benzene rings is 4. The van der Waals surface area contributed by atoms with Crippen molar-refractivity contribution in [3.8, 4) is 23.0 Å². The predicted octanol–water partition coefficient (Wildman–Crippen LogP) is 19.6. The van der Waals surface area contributed by atoms with Crippen LogP contribution < -0.4 is 43.1 Å². The first-order valence-corrected chi connectivity index (χ1v) is 52.0. The molecule has 4 aliphatic heterocycles. The molecule has 0 amide bonds. The molecule has 4 aromatic carbocycles. The Kier molecular flexibility index (Phi) is 39.3. The van der Waals surface area contributed by atoms with E-state index in [0.717, 1.165) is 120 Å². The number of hydrogen-bond acceptors (Lipinski definition) is 17. The molecule has 5 saturated carbocycles. The molecule has 4 atom stereocenters. The summed E-state index contributed by atoms with van der Waals surface area (Å²) in [6.07, 6.45) is 34.6. The van der Waals surface area contributed by atoms with Gasteiger partial charge in [-0.25, -0.2) is 0 Å². The first-order valence-electron chi connectivity index (χ1n) is 35.7. The molecular formula is C77H103I5N10O11V-. The van der Waals surface area contributed by atoms with Crippen LogP contribution in [0.25, 0.3) is 60.3 Å². The van der Waals surface area contributed by atoms with E-state index in [1.54, 1.807) is 13.0 Å². The fraction of sp³-hybridized carbons (Fsp3) is 0.455. The van der Waals surface area contributed by atoms with Crippen LogP contribution in [-0.2, 0) is 39.3 Å². The zero-order chi connectivity index (χ0) is 75.1. The van der Waals surface area contributed by atoms with E-state index in [1.807, 2.05) is 72.9 Å². The minimum atomic E-state index is -0.278. The number of carbonyl (C=O) groups is 3. The second-order valence-corrected chi connectivity index (χ2v) is 65.7. The fourth-order valence-electron chi connectivity index (χ4n) is 13.5. The number of nitrogens with one attached hydrogen (secondary N) is 4. The van der Waals surface area contributed by atoms with Crippen LogP contribution in [-0.4, -0.2) is 93.7 Å². The van der Waals surface area contributed by atoms with Crippen LogP contribution in [0.15, 0.2) is 122 Å². The Morgan fingerprint density at radius 1 is 0.538 bits per heavy atom. The maximum absolute atomic E-state index is 10.7. The van der Waals surface area contributed by atoms with E-state index in [0.29, 0.717) is 52.4 Å². The summed E-state index contributed by atoms with van der Waals surface area (Å²) in [4.78, 5) is 84.2. The zero-order valence-corrected chi connectivity index (χ0v) is 72.6. The number of nitrogens with two attached hydrogens (primary N) is 4. The van der Waals surface area contributed by atoms with E-state index in [2.05, 4.69) is 244 Å². The number of rotatable bonds is 12. The van der Waals surface area contributed by atoms with Gasteiger partial charge in [-0.15, -0.1) is 0 Å². The molecule has 0 radical (unpaired) electrons. The number of alkyl halides is 2. The summed E-state index contributed by atoms with van der Waals surface area (Å²) in [5.74, 6) is 26.5. The molecule has 27 heteroatoms. The summed E-state index contributed by atoms with van der Waals surface area (Å²) in [6.45, 7) is 19.9. The van der Waals surface area contributed by atoms with Crippen molar-refractivity contribution < 1.29 is 58.8 Å². The molecule has 104 heavy (non-hydrogen) atoms. The molecule has 8 heterocycles. The first-order chi connectivity index (χ1) is 50.3. The molecule has 20 rings (SSSR count). The third-order valence-corrected chi connectivity index (χ3v) is 19.3. The number of halogens is 5. The van der Waals surface area contributed by atoms with E-state index in [1.165, 1.54) is 125 Å². The van der Waals surface area contributed by atoms with Gasteiger partial charge in [0, 0.05) is 172 Å². The van der Waals surface area contributed by atoms with Crippen molar-refractivity contribution >= 4 is 183 Å². The van der Waals surface area contributed by atoms with Gasteiger partial charge >= 0.3 is 64.9 Å². The van der Waals surface area contributed by atoms with Gasteiger partial charge in [0.1, 0.15) is 17.3 Å². The van der Waals surface area contributed by atoms with Gasteiger partial charge in [0.15, 0.2) is 23.0 Å². The number of carbonyl (C=O) groups excluding carboxylic acids is 3. The van der Waals surface area contributed by atoms with E-state index in [9.17, 15) is 14.4 Å². The third-order valence-electron chi connectivity index (χ3n) is 18.3. The predicted molar refractivity (Wildman–Crippen MR) is 457 cm³/mol. The quantitative estimate of drug-likeness (QED) is 0.0141. The van der Waals surface area contributed by atoms with Crippen molar-refractivity contribution in [2.24, 2.45) is 47.3 Å². The summed E-state index contributed by atoms with van der Waals surface area (Å²) in [7, 11) is 0. The van der Waals surface area contributed by atoms with Crippen molar-refractivity contribution in [2.75, 3.05) is 30.6 Å². The number of allylic oxidation sites excluding steroid dienone is 4. The Labute approximate surface area is 677 Å². The van der Waals surface area contributed by atoms with Crippen LogP contribution in [0, 0.1) is 30.6 Å². The summed E-state index contributed by atoms with van der Waals surface area (Å²) in [5, 5.41) is 4.77. The number of ketones is 3. The molecule has 8 fully saturated rings. The Morgan fingerprint density at radius 2 is 0.990 bits per heavy atom. The van der Waals surface area contributed by atoms with Gasteiger partial charge in [-0.3, -0.25) is 24.2 Å². The van der Waals surface area contributed by atoms with Crippen LogP contribution in [0.3, 0.4) is 0 Å². The average Bonchev–Trinajstić information content (AvgIpc) is 1.56. The number of piperidine rings is 1. The van der Waals surface area contributed by atoms with Gasteiger partial charge in [-0.1, -0.05) is 124 Å². The van der Waals surface area contributed by atoms with E-state index < -0.39 is 0 Å². The molecule has 8 aliphatic carbocycles. The van der Waals surface area contributed by atoms with Gasteiger partial charge in [0.25, 0.3) is 0 Å². The number of Topliss-reactive ketones (excluding diaryl/α,β-unsaturated/α-hetero) is 3.